The van der Waals surface area contributed by atoms with E-state index in [-0.39, 0.29) is 12.0 Å². The highest BCUT2D eigenvalue weighted by atomic mass is 35.5. The Labute approximate surface area is 174 Å². The van der Waals surface area contributed by atoms with Gasteiger partial charge in [-0.05, 0) is 54.8 Å². The van der Waals surface area contributed by atoms with Crippen LogP contribution in [0.3, 0.4) is 0 Å². The number of aliphatic carboxylic acids is 1. The maximum atomic E-state index is 11.3. The van der Waals surface area contributed by atoms with Crippen molar-refractivity contribution >= 4 is 29.3 Å². The van der Waals surface area contributed by atoms with E-state index in [0.717, 1.165) is 42.9 Å². The van der Waals surface area contributed by atoms with Crippen LogP contribution in [0.1, 0.15) is 30.1 Å². The highest BCUT2D eigenvalue weighted by Crippen LogP contribution is 2.42. The Morgan fingerprint density at radius 1 is 1.25 bits per heavy atom. The molecule has 2 unspecified atom stereocenters. The number of piperidine rings is 1. The number of carbonyl (C=O) groups is 1. The Morgan fingerprint density at radius 2 is 2.11 bits per heavy atom. The van der Waals surface area contributed by atoms with E-state index in [4.69, 9.17) is 16.3 Å². The fourth-order valence-electron chi connectivity index (χ4n) is 4.00. The maximum absolute atomic E-state index is 11.3. The van der Waals surface area contributed by atoms with Crippen LogP contribution in [0.5, 0.6) is 0 Å². The van der Waals surface area contributed by atoms with Crippen molar-refractivity contribution in [3.05, 3.63) is 58.6 Å². The molecule has 1 fully saturated rings. The topological polar surface area (TPSA) is 49.8 Å². The third kappa shape index (κ3) is 4.54. The smallest absolute Gasteiger partial charge is 0.307 e. The van der Waals surface area contributed by atoms with Crippen molar-refractivity contribution in [3.8, 4) is 0 Å². The van der Waals surface area contributed by atoms with Crippen LogP contribution < -0.4 is 0 Å². The largest absolute Gasteiger partial charge is 0.481 e. The van der Waals surface area contributed by atoms with Crippen LogP contribution in [-0.2, 0) is 16.0 Å². The van der Waals surface area contributed by atoms with E-state index in [1.165, 1.54) is 15.4 Å². The van der Waals surface area contributed by atoms with E-state index in [1.807, 2.05) is 12.1 Å². The van der Waals surface area contributed by atoms with Gasteiger partial charge in [-0.3, -0.25) is 4.79 Å². The molecule has 6 heteroatoms. The molecule has 2 heterocycles. The lowest BCUT2D eigenvalue weighted by atomic mass is 9.98. The van der Waals surface area contributed by atoms with Gasteiger partial charge in [-0.15, -0.1) is 0 Å². The number of nitrogens with zero attached hydrogens (tertiary/aromatic N) is 1. The quantitative estimate of drug-likeness (QED) is 0.749. The lowest BCUT2D eigenvalue weighted by Gasteiger charge is -2.31. The summed E-state index contributed by atoms with van der Waals surface area (Å²) in [5.74, 6) is -0.943. The minimum absolute atomic E-state index is 0.0510. The van der Waals surface area contributed by atoms with Crippen LogP contribution in [0.4, 0.5) is 0 Å². The summed E-state index contributed by atoms with van der Waals surface area (Å²) in [5, 5.41) is 9.99. The van der Waals surface area contributed by atoms with Crippen LogP contribution in [0.25, 0.3) is 0 Å². The molecule has 0 bridgehead atoms. The highest BCUT2D eigenvalue weighted by Gasteiger charge is 2.26. The van der Waals surface area contributed by atoms with E-state index in [1.54, 1.807) is 11.8 Å². The number of hydrogen-bond acceptors (Lipinski definition) is 4. The van der Waals surface area contributed by atoms with Gasteiger partial charge in [0, 0.05) is 34.3 Å². The highest BCUT2D eigenvalue weighted by molar-refractivity contribution is 7.99. The summed E-state index contributed by atoms with van der Waals surface area (Å²) in [6, 6.07) is 14.5. The number of carboxylic acid groups (broad SMARTS) is 1. The van der Waals surface area contributed by atoms with Crippen LogP contribution in [-0.4, -0.2) is 42.2 Å². The van der Waals surface area contributed by atoms with Crippen LogP contribution in [0.2, 0.25) is 5.02 Å². The number of likely N-dealkylation sites (tertiary alicyclic amines) is 1. The molecule has 4 rings (SSSR count). The molecule has 1 N–H and O–H groups in total. The van der Waals surface area contributed by atoms with Gasteiger partial charge in [-0.25, -0.2) is 0 Å². The first-order chi connectivity index (χ1) is 13.6. The fraction of sp³-hybridized carbons (Fsp3) is 0.409. The lowest BCUT2D eigenvalue weighted by Crippen LogP contribution is -2.40. The van der Waals surface area contributed by atoms with Crippen LogP contribution in [0.15, 0.2) is 52.3 Å². The van der Waals surface area contributed by atoms with Gasteiger partial charge in [0.15, 0.2) is 0 Å². The number of fused-ring (bicyclic) bond motifs is 2. The second-order valence-electron chi connectivity index (χ2n) is 7.43. The van der Waals surface area contributed by atoms with Crippen molar-refractivity contribution in [1.82, 2.24) is 4.90 Å². The summed E-state index contributed by atoms with van der Waals surface area (Å²) >= 11 is 8.05. The average molecular weight is 418 g/mol. The predicted molar refractivity (Wildman–Crippen MR) is 111 cm³/mol. The number of rotatable bonds is 5. The van der Waals surface area contributed by atoms with Gasteiger partial charge < -0.3 is 14.7 Å². The van der Waals surface area contributed by atoms with Gasteiger partial charge in [-0.2, -0.15) is 0 Å². The SMILES string of the molecule is O=C(O)C1CCCN(CCOC2Cc3ccccc3Sc3ccc(Cl)cc32)C1. The summed E-state index contributed by atoms with van der Waals surface area (Å²) in [6.45, 7) is 2.89. The minimum atomic E-state index is -0.688. The molecule has 148 valence electrons. The van der Waals surface area contributed by atoms with Gasteiger partial charge in [0.1, 0.15) is 0 Å². The number of benzene rings is 2. The van der Waals surface area contributed by atoms with Crippen molar-refractivity contribution in [2.24, 2.45) is 5.92 Å². The molecule has 0 spiro atoms. The Balaban J connectivity index is 1.46. The third-order valence-electron chi connectivity index (χ3n) is 5.50. The first kappa shape index (κ1) is 19.8. The summed E-state index contributed by atoms with van der Waals surface area (Å²) in [5.41, 5.74) is 2.42. The number of halogens is 1. The van der Waals surface area contributed by atoms with Crippen molar-refractivity contribution in [2.45, 2.75) is 35.2 Å². The third-order valence-corrected chi connectivity index (χ3v) is 6.94. The molecule has 2 aliphatic rings. The molecular formula is C22H24ClNO3S. The molecule has 2 aromatic rings. The Kier molecular flexibility index (Phi) is 6.26. The van der Waals surface area contributed by atoms with E-state index in [9.17, 15) is 9.90 Å². The molecule has 28 heavy (non-hydrogen) atoms. The predicted octanol–water partition coefficient (Wildman–Crippen LogP) is 4.90. The second-order valence-corrected chi connectivity index (χ2v) is 8.95. The standard InChI is InChI=1S/C22H24ClNO3S/c23-17-7-8-21-18(13-17)19(12-15-4-1-2-6-20(15)28-21)27-11-10-24-9-3-5-16(14-24)22(25)26/h1-2,4,6-8,13,16,19H,3,5,9-12,14H2,(H,25,26). The molecule has 0 saturated carbocycles. The van der Waals surface area contributed by atoms with Crippen molar-refractivity contribution in [3.63, 3.8) is 0 Å². The maximum Gasteiger partial charge on any atom is 0.307 e. The molecule has 1 saturated heterocycles. The monoisotopic (exact) mass is 417 g/mol. The van der Waals surface area contributed by atoms with E-state index >= 15 is 0 Å². The first-order valence-electron chi connectivity index (χ1n) is 9.72. The fourth-order valence-corrected chi connectivity index (χ4v) is 5.29. The van der Waals surface area contributed by atoms with Crippen LogP contribution in [0, 0.1) is 5.92 Å². The summed E-state index contributed by atoms with van der Waals surface area (Å²) in [4.78, 5) is 15.9. The van der Waals surface area contributed by atoms with E-state index in [0.29, 0.717) is 13.2 Å². The molecule has 2 aliphatic heterocycles. The zero-order valence-corrected chi connectivity index (χ0v) is 17.2. The first-order valence-corrected chi connectivity index (χ1v) is 10.9. The van der Waals surface area contributed by atoms with Crippen molar-refractivity contribution < 1.29 is 14.6 Å². The van der Waals surface area contributed by atoms with Crippen molar-refractivity contribution in [1.29, 1.82) is 0 Å². The molecule has 2 aromatic carbocycles. The summed E-state index contributed by atoms with van der Waals surface area (Å²) in [6.07, 6.45) is 2.47. The molecular weight excluding hydrogens is 394 g/mol. The number of hydrogen-bond donors (Lipinski definition) is 1. The van der Waals surface area contributed by atoms with Gasteiger partial charge in [-0.1, -0.05) is 41.6 Å². The number of carboxylic acids is 1. The molecule has 0 aliphatic carbocycles. The summed E-state index contributed by atoms with van der Waals surface area (Å²) < 4.78 is 6.34. The van der Waals surface area contributed by atoms with E-state index in [2.05, 4.69) is 35.2 Å². The van der Waals surface area contributed by atoms with E-state index < -0.39 is 5.97 Å². The molecule has 0 amide bonds. The lowest BCUT2D eigenvalue weighted by molar-refractivity contribution is -0.143. The molecule has 2 atom stereocenters. The normalized spacial score (nSPS) is 22.2. The molecule has 0 aromatic heterocycles. The minimum Gasteiger partial charge on any atom is -0.481 e. The second kappa shape index (κ2) is 8.87. The Hall–Kier alpha value is -1.53. The zero-order valence-electron chi connectivity index (χ0n) is 15.6. The molecule has 4 nitrogen and oxygen atoms in total. The number of ether oxygens (including phenoxy) is 1. The van der Waals surface area contributed by atoms with Crippen LogP contribution >= 0.6 is 23.4 Å². The zero-order chi connectivity index (χ0) is 19.5. The summed E-state index contributed by atoms with van der Waals surface area (Å²) in [7, 11) is 0. The molecule has 0 radical (unpaired) electrons. The Morgan fingerprint density at radius 3 is 2.96 bits per heavy atom. The van der Waals surface area contributed by atoms with Gasteiger partial charge in [0.2, 0.25) is 0 Å². The van der Waals surface area contributed by atoms with Gasteiger partial charge >= 0.3 is 5.97 Å². The van der Waals surface area contributed by atoms with Gasteiger partial charge in [0.25, 0.3) is 0 Å². The van der Waals surface area contributed by atoms with Crippen molar-refractivity contribution in [2.75, 3.05) is 26.2 Å². The Bertz CT molecular complexity index is 859. The average Bonchev–Trinajstić information content (AvgIpc) is 2.85. The van der Waals surface area contributed by atoms with Gasteiger partial charge in [0.05, 0.1) is 18.6 Å².